The minimum Gasteiger partial charge on any atom is -0.451 e. The van der Waals surface area contributed by atoms with Gasteiger partial charge in [0.15, 0.2) is 11.9 Å². The Morgan fingerprint density at radius 3 is 2.93 bits per heavy atom. The van der Waals surface area contributed by atoms with Gasteiger partial charge in [0, 0.05) is 24.7 Å². The second-order valence-electron chi connectivity index (χ2n) is 7.98. The van der Waals surface area contributed by atoms with Crippen molar-refractivity contribution in [3.63, 3.8) is 0 Å². The van der Waals surface area contributed by atoms with E-state index in [1.54, 1.807) is 30.4 Å². The number of aromatic nitrogens is 2. The lowest BCUT2D eigenvalue weighted by atomic mass is 9.89. The standard InChI is InChI=1S/C22H25N3O3S/c1-12-8-9-16-17(10-12)29-21-18(16)20(26)23-19(24-21)13(2)28-22(27)14-6-5-7-15(11-14)25(3)4/h5-7,11-13H,8-10H2,1-4H3,(H,23,24,26)/t12-,13+/m1/s1. The minimum atomic E-state index is -0.652. The topological polar surface area (TPSA) is 75.3 Å². The third kappa shape index (κ3) is 3.79. The van der Waals surface area contributed by atoms with Crippen LogP contribution in [0.2, 0.25) is 0 Å². The maximum atomic E-state index is 12.8. The van der Waals surface area contributed by atoms with E-state index in [1.165, 1.54) is 4.88 Å². The highest BCUT2D eigenvalue weighted by molar-refractivity contribution is 7.18. The normalized spacial score (nSPS) is 17.0. The number of carbonyl (C=O) groups is 1. The van der Waals surface area contributed by atoms with Crippen LogP contribution in [0.3, 0.4) is 0 Å². The summed E-state index contributed by atoms with van der Waals surface area (Å²) >= 11 is 1.59. The molecular formula is C22H25N3O3S. The Hall–Kier alpha value is -2.67. The van der Waals surface area contributed by atoms with Crippen molar-refractivity contribution in [3.8, 4) is 0 Å². The first-order valence-corrected chi connectivity index (χ1v) is 10.7. The predicted molar refractivity (Wildman–Crippen MR) is 116 cm³/mol. The maximum absolute atomic E-state index is 12.8. The van der Waals surface area contributed by atoms with E-state index < -0.39 is 12.1 Å². The molecule has 1 N–H and O–H groups in total. The van der Waals surface area contributed by atoms with Crippen molar-refractivity contribution in [2.45, 2.75) is 39.2 Å². The largest absolute Gasteiger partial charge is 0.451 e. The van der Waals surface area contributed by atoms with Crippen molar-refractivity contribution in [1.82, 2.24) is 9.97 Å². The number of anilines is 1. The third-order valence-electron chi connectivity index (χ3n) is 5.45. The molecule has 1 aliphatic rings. The number of aryl methyl sites for hydroxylation is 1. The van der Waals surface area contributed by atoms with Crippen molar-refractivity contribution in [2.24, 2.45) is 5.92 Å². The molecule has 0 bridgehead atoms. The summed E-state index contributed by atoms with van der Waals surface area (Å²) in [6, 6.07) is 7.24. The Balaban J connectivity index is 1.60. The molecule has 29 heavy (non-hydrogen) atoms. The summed E-state index contributed by atoms with van der Waals surface area (Å²) in [6.07, 6.45) is 2.37. The molecular weight excluding hydrogens is 386 g/mol. The van der Waals surface area contributed by atoms with Crippen LogP contribution in [0.4, 0.5) is 5.69 Å². The molecule has 3 aromatic rings. The molecule has 0 saturated heterocycles. The zero-order valence-corrected chi connectivity index (χ0v) is 17.9. The molecule has 0 amide bonds. The first-order chi connectivity index (χ1) is 13.8. The number of fused-ring (bicyclic) bond motifs is 3. The lowest BCUT2D eigenvalue weighted by molar-refractivity contribution is 0.0320. The van der Waals surface area contributed by atoms with E-state index in [4.69, 9.17) is 4.74 Å². The monoisotopic (exact) mass is 411 g/mol. The highest BCUT2D eigenvalue weighted by Gasteiger charge is 2.24. The van der Waals surface area contributed by atoms with Crippen LogP contribution in [0, 0.1) is 5.92 Å². The van der Waals surface area contributed by atoms with Crippen molar-refractivity contribution < 1.29 is 9.53 Å². The molecule has 0 radical (unpaired) electrons. The van der Waals surface area contributed by atoms with Gasteiger partial charge in [0.05, 0.1) is 10.9 Å². The number of hydrogen-bond acceptors (Lipinski definition) is 6. The second kappa shape index (κ2) is 7.63. The van der Waals surface area contributed by atoms with E-state index in [9.17, 15) is 9.59 Å². The van der Waals surface area contributed by atoms with Gasteiger partial charge in [0.25, 0.3) is 5.56 Å². The molecule has 2 aromatic heterocycles. The molecule has 4 rings (SSSR count). The molecule has 0 saturated carbocycles. The van der Waals surface area contributed by atoms with E-state index in [1.807, 2.05) is 31.1 Å². The van der Waals surface area contributed by atoms with Gasteiger partial charge in [-0.25, -0.2) is 9.78 Å². The highest BCUT2D eigenvalue weighted by atomic mass is 32.1. The van der Waals surface area contributed by atoms with Crippen LogP contribution < -0.4 is 10.5 Å². The van der Waals surface area contributed by atoms with Crippen molar-refractivity contribution >= 4 is 33.2 Å². The Morgan fingerprint density at radius 1 is 1.38 bits per heavy atom. The Morgan fingerprint density at radius 2 is 2.17 bits per heavy atom. The summed E-state index contributed by atoms with van der Waals surface area (Å²) in [5.41, 5.74) is 2.38. The first kappa shape index (κ1) is 19.6. The van der Waals surface area contributed by atoms with E-state index in [0.29, 0.717) is 22.7 Å². The van der Waals surface area contributed by atoms with E-state index in [-0.39, 0.29) is 5.56 Å². The number of nitrogens with one attached hydrogen (secondary N) is 1. The van der Waals surface area contributed by atoms with Crippen LogP contribution in [0.1, 0.15) is 53.0 Å². The number of esters is 1. The number of carbonyl (C=O) groups excluding carboxylic acids is 1. The summed E-state index contributed by atoms with van der Waals surface area (Å²) < 4.78 is 5.59. The number of rotatable bonds is 4. The summed E-state index contributed by atoms with van der Waals surface area (Å²) in [5, 5.41) is 0.706. The zero-order chi connectivity index (χ0) is 20.7. The van der Waals surface area contributed by atoms with Gasteiger partial charge in [-0.05, 0) is 55.9 Å². The van der Waals surface area contributed by atoms with Gasteiger partial charge in [0.1, 0.15) is 4.83 Å². The van der Waals surface area contributed by atoms with E-state index in [0.717, 1.165) is 35.3 Å². The van der Waals surface area contributed by atoms with Gasteiger partial charge in [-0.15, -0.1) is 11.3 Å². The minimum absolute atomic E-state index is 0.144. The highest BCUT2D eigenvalue weighted by Crippen LogP contribution is 2.36. The van der Waals surface area contributed by atoms with Crippen LogP contribution >= 0.6 is 11.3 Å². The van der Waals surface area contributed by atoms with Crippen LogP contribution in [-0.4, -0.2) is 30.0 Å². The molecule has 1 aromatic carbocycles. The number of nitrogens with zero attached hydrogens (tertiary/aromatic N) is 2. The first-order valence-electron chi connectivity index (χ1n) is 9.86. The number of thiophene rings is 1. The number of hydrogen-bond donors (Lipinski definition) is 1. The number of H-pyrrole nitrogens is 1. The fourth-order valence-electron chi connectivity index (χ4n) is 3.75. The Bertz CT molecular complexity index is 1130. The second-order valence-corrected chi connectivity index (χ2v) is 9.06. The Kier molecular flexibility index (Phi) is 5.17. The summed E-state index contributed by atoms with van der Waals surface area (Å²) in [7, 11) is 3.83. The number of ether oxygens (including phenoxy) is 1. The lowest BCUT2D eigenvalue weighted by Gasteiger charge is -2.17. The molecule has 0 fully saturated rings. The molecule has 6 nitrogen and oxygen atoms in total. The van der Waals surface area contributed by atoms with Crippen molar-refractivity contribution in [3.05, 3.63) is 56.4 Å². The number of aromatic amines is 1. The van der Waals surface area contributed by atoms with Gasteiger partial charge in [0.2, 0.25) is 0 Å². The fourth-order valence-corrected chi connectivity index (χ4v) is 5.14. The molecule has 0 spiro atoms. The van der Waals surface area contributed by atoms with E-state index >= 15 is 0 Å². The van der Waals surface area contributed by atoms with Gasteiger partial charge in [-0.3, -0.25) is 4.79 Å². The van der Waals surface area contributed by atoms with E-state index in [2.05, 4.69) is 16.9 Å². The molecule has 152 valence electrons. The SMILES string of the molecule is C[C@@H]1CCc2c(sc3nc([C@H](C)OC(=O)c4cccc(N(C)C)c4)[nH]c(=O)c23)C1. The summed E-state index contributed by atoms with van der Waals surface area (Å²) in [6.45, 7) is 3.97. The summed E-state index contributed by atoms with van der Waals surface area (Å²) in [4.78, 5) is 36.7. The van der Waals surface area contributed by atoms with Crippen LogP contribution in [0.25, 0.3) is 10.2 Å². The van der Waals surface area contributed by atoms with Crippen LogP contribution in [0.15, 0.2) is 29.1 Å². The van der Waals surface area contributed by atoms with Crippen LogP contribution in [-0.2, 0) is 17.6 Å². The van der Waals surface area contributed by atoms with Crippen LogP contribution in [0.5, 0.6) is 0 Å². The molecule has 0 aliphatic heterocycles. The fraction of sp³-hybridized carbons (Fsp3) is 0.409. The molecule has 0 unspecified atom stereocenters. The average molecular weight is 412 g/mol. The van der Waals surface area contributed by atoms with Gasteiger partial charge >= 0.3 is 5.97 Å². The van der Waals surface area contributed by atoms with Gasteiger partial charge < -0.3 is 14.6 Å². The third-order valence-corrected chi connectivity index (χ3v) is 6.60. The quantitative estimate of drug-likeness (QED) is 0.655. The lowest BCUT2D eigenvalue weighted by Crippen LogP contribution is -2.18. The van der Waals surface area contributed by atoms with Gasteiger partial charge in [-0.1, -0.05) is 13.0 Å². The molecule has 1 aliphatic carbocycles. The number of benzene rings is 1. The van der Waals surface area contributed by atoms with Crippen molar-refractivity contribution in [2.75, 3.05) is 19.0 Å². The smallest absolute Gasteiger partial charge is 0.338 e. The maximum Gasteiger partial charge on any atom is 0.338 e. The zero-order valence-electron chi connectivity index (χ0n) is 17.1. The molecule has 7 heteroatoms. The van der Waals surface area contributed by atoms with Crippen molar-refractivity contribution in [1.29, 1.82) is 0 Å². The van der Waals surface area contributed by atoms with Gasteiger partial charge in [-0.2, -0.15) is 0 Å². The summed E-state index contributed by atoms with van der Waals surface area (Å²) in [5.74, 6) is 0.571. The predicted octanol–water partition coefficient (Wildman–Crippen LogP) is 4.09. The molecule has 2 atom stereocenters. The average Bonchev–Trinajstić information content (AvgIpc) is 3.05. The molecule has 2 heterocycles. The Labute approximate surface area is 173 Å².